The average Bonchev–Trinajstić information content (AvgIpc) is 3.28. The molecule has 0 saturated carbocycles. The zero-order chi connectivity index (χ0) is 17.4. The maximum atomic E-state index is 14.0. The van der Waals surface area contributed by atoms with Crippen LogP contribution in [0.3, 0.4) is 0 Å². The molecule has 1 aromatic heterocycles. The molecule has 10 heteroatoms. The minimum absolute atomic E-state index is 0.0215. The second kappa shape index (κ2) is 6.02. The van der Waals surface area contributed by atoms with Gasteiger partial charge in [0.2, 0.25) is 6.79 Å². The van der Waals surface area contributed by atoms with Gasteiger partial charge in [0.15, 0.2) is 11.5 Å². The van der Waals surface area contributed by atoms with Gasteiger partial charge in [-0.15, -0.1) is 5.10 Å². The fraction of sp³-hybridized carbons (Fsp3) is 0.0667. The number of anilines is 1. The first-order chi connectivity index (χ1) is 12.1. The number of carbonyl (C=O) groups is 1. The predicted molar refractivity (Wildman–Crippen MR) is 84.6 cm³/mol. The topological polar surface area (TPSA) is 91.2 Å². The molecular formula is C15H9ClFN5O3. The van der Waals surface area contributed by atoms with Crippen LogP contribution in [0, 0.1) is 5.82 Å². The summed E-state index contributed by atoms with van der Waals surface area (Å²) in [6.07, 6.45) is 1.36. The number of nitrogens with zero attached hydrogens (tertiary/aromatic N) is 4. The summed E-state index contributed by atoms with van der Waals surface area (Å²) in [5.41, 5.74) is 0.679. The van der Waals surface area contributed by atoms with E-state index in [2.05, 4.69) is 20.8 Å². The molecule has 2 heterocycles. The van der Waals surface area contributed by atoms with Gasteiger partial charge in [-0.2, -0.15) is 0 Å². The van der Waals surface area contributed by atoms with Crippen LogP contribution in [-0.2, 0) is 0 Å². The van der Waals surface area contributed by atoms with Gasteiger partial charge in [-0.1, -0.05) is 11.6 Å². The standard InChI is InChI=1S/C15H9ClFN5O3/c16-10-3-8(4-13-14(10)25-7-24-13)15(23)19-12-5-9(1-2-11(12)17)22-6-18-20-21-22/h1-6H,7H2,(H,19,23). The number of hydrogen-bond donors (Lipinski definition) is 1. The number of rotatable bonds is 3. The average molecular weight is 362 g/mol. The molecule has 1 aliphatic rings. The Hall–Kier alpha value is -3.20. The minimum atomic E-state index is -0.600. The van der Waals surface area contributed by atoms with Crippen molar-refractivity contribution in [2.24, 2.45) is 0 Å². The van der Waals surface area contributed by atoms with Gasteiger partial charge in [-0.05, 0) is 40.8 Å². The molecule has 1 aliphatic heterocycles. The smallest absolute Gasteiger partial charge is 0.255 e. The molecule has 3 aromatic rings. The molecular weight excluding hydrogens is 353 g/mol. The van der Waals surface area contributed by atoms with E-state index in [1.165, 1.54) is 41.3 Å². The normalized spacial score (nSPS) is 12.2. The van der Waals surface area contributed by atoms with Crippen molar-refractivity contribution in [1.29, 1.82) is 0 Å². The van der Waals surface area contributed by atoms with Crippen LogP contribution in [0.4, 0.5) is 10.1 Å². The van der Waals surface area contributed by atoms with E-state index in [0.29, 0.717) is 17.2 Å². The molecule has 4 rings (SSSR count). The zero-order valence-corrected chi connectivity index (χ0v) is 13.2. The van der Waals surface area contributed by atoms with E-state index < -0.39 is 11.7 Å². The molecule has 0 radical (unpaired) electrons. The lowest BCUT2D eigenvalue weighted by Gasteiger charge is -2.09. The van der Waals surface area contributed by atoms with Crippen LogP contribution in [0.1, 0.15) is 10.4 Å². The molecule has 0 aliphatic carbocycles. The summed E-state index contributed by atoms with van der Waals surface area (Å²) < 4.78 is 25.8. The highest BCUT2D eigenvalue weighted by Gasteiger charge is 2.21. The molecule has 0 bridgehead atoms. The molecule has 0 spiro atoms. The molecule has 0 atom stereocenters. The van der Waals surface area contributed by atoms with Gasteiger partial charge in [0.1, 0.15) is 12.1 Å². The van der Waals surface area contributed by atoms with Crippen molar-refractivity contribution >= 4 is 23.2 Å². The number of amides is 1. The SMILES string of the molecule is O=C(Nc1cc(-n2cnnn2)ccc1F)c1cc(Cl)c2c(c1)OCO2. The van der Waals surface area contributed by atoms with Crippen molar-refractivity contribution in [1.82, 2.24) is 20.2 Å². The van der Waals surface area contributed by atoms with Crippen LogP contribution in [0.5, 0.6) is 11.5 Å². The fourth-order valence-corrected chi connectivity index (χ4v) is 2.59. The summed E-state index contributed by atoms with van der Waals surface area (Å²) in [5.74, 6) is -0.407. The van der Waals surface area contributed by atoms with E-state index in [1.54, 1.807) is 0 Å². The molecule has 126 valence electrons. The van der Waals surface area contributed by atoms with Gasteiger partial charge >= 0.3 is 0 Å². The van der Waals surface area contributed by atoms with Crippen molar-refractivity contribution in [2.45, 2.75) is 0 Å². The second-order valence-electron chi connectivity index (χ2n) is 5.06. The third kappa shape index (κ3) is 2.85. The van der Waals surface area contributed by atoms with Gasteiger partial charge in [0.05, 0.1) is 16.4 Å². The van der Waals surface area contributed by atoms with E-state index in [9.17, 15) is 9.18 Å². The Morgan fingerprint density at radius 3 is 2.96 bits per heavy atom. The number of tetrazole rings is 1. The lowest BCUT2D eigenvalue weighted by molar-refractivity contribution is 0.102. The first-order valence-corrected chi connectivity index (χ1v) is 7.43. The summed E-state index contributed by atoms with van der Waals surface area (Å²) in [4.78, 5) is 12.4. The first kappa shape index (κ1) is 15.3. The predicted octanol–water partition coefficient (Wildman–Crippen LogP) is 2.44. The van der Waals surface area contributed by atoms with Crippen LogP contribution in [0.2, 0.25) is 5.02 Å². The van der Waals surface area contributed by atoms with E-state index in [4.69, 9.17) is 21.1 Å². The van der Waals surface area contributed by atoms with Crippen molar-refractivity contribution in [3.63, 3.8) is 0 Å². The second-order valence-corrected chi connectivity index (χ2v) is 5.47. The Bertz CT molecular complexity index is 964. The number of benzene rings is 2. The van der Waals surface area contributed by atoms with Crippen LogP contribution in [0.25, 0.3) is 5.69 Å². The first-order valence-electron chi connectivity index (χ1n) is 7.05. The summed E-state index contributed by atoms with van der Waals surface area (Å²) in [6, 6.07) is 7.01. The number of halogens is 2. The minimum Gasteiger partial charge on any atom is -0.454 e. The van der Waals surface area contributed by atoms with E-state index >= 15 is 0 Å². The Morgan fingerprint density at radius 2 is 2.16 bits per heavy atom. The monoisotopic (exact) mass is 361 g/mol. The van der Waals surface area contributed by atoms with Crippen molar-refractivity contribution in [2.75, 3.05) is 12.1 Å². The molecule has 0 fully saturated rings. The number of nitrogens with one attached hydrogen (secondary N) is 1. The van der Waals surface area contributed by atoms with Gasteiger partial charge in [-0.3, -0.25) is 4.79 Å². The lowest BCUT2D eigenvalue weighted by atomic mass is 10.1. The lowest BCUT2D eigenvalue weighted by Crippen LogP contribution is -2.13. The van der Waals surface area contributed by atoms with Crippen LogP contribution in [-0.4, -0.2) is 32.9 Å². The summed E-state index contributed by atoms with van der Waals surface area (Å²) in [5, 5.41) is 13.5. The molecule has 2 aromatic carbocycles. The highest BCUT2D eigenvalue weighted by Crippen LogP contribution is 2.39. The van der Waals surface area contributed by atoms with Crippen molar-refractivity contribution in [3.05, 3.63) is 53.1 Å². The fourth-order valence-electron chi connectivity index (χ4n) is 2.32. The molecule has 25 heavy (non-hydrogen) atoms. The van der Waals surface area contributed by atoms with Crippen LogP contribution >= 0.6 is 11.6 Å². The number of ether oxygens (including phenoxy) is 2. The summed E-state index contributed by atoms with van der Waals surface area (Å²) >= 11 is 6.06. The summed E-state index contributed by atoms with van der Waals surface area (Å²) in [7, 11) is 0. The number of hydrogen-bond acceptors (Lipinski definition) is 6. The van der Waals surface area contributed by atoms with E-state index in [0.717, 1.165) is 0 Å². The molecule has 0 unspecified atom stereocenters. The van der Waals surface area contributed by atoms with Crippen molar-refractivity contribution < 1.29 is 18.7 Å². The van der Waals surface area contributed by atoms with Crippen LogP contribution in [0.15, 0.2) is 36.7 Å². The molecule has 8 nitrogen and oxygen atoms in total. The third-order valence-corrected chi connectivity index (χ3v) is 3.78. The van der Waals surface area contributed by atoms with Crippen molar-refractivity contribution in [3.8, 4) is 17.2 Å². The third-order valence-electron chi connectivity index (χ3n) is 3.50. The molecule has 1 N–H and O–H groups in total. The molecule has 1 amide bonds. The Kier molecular flexibility index (Phi) is 3.69. The Labute approximate surface area is 145 Å². The quantitative estimate of drug-likeness (QED) is 0.770. The maximum Gasteiger partial charge on any atom is 0.255 e. The van der Waals surface area contributed by atoms with Gasteiger partial charge in [0, 0.05) is 5.56 Å². The van der Waals surface area contributed by atoms with Crippen LogP contribution < -0.4 is 14.8 Å². The van der Waals surface area contributed by atoms with Gasteiger partial charge < -0.3 is 14.8 Å². The zero-order valence-electron chi connectivity index (χ0n) is 12.4. The highest BCUT2D eigenvalue weighted by molar-refractivity contribution is 6.32. The summed E-state index contributed by atoms with van der Waals surface area (Å²) in [6.45, 7) is 0.0305. The Balaban J connectivity index is 1.63. The number of carbonyl (C=O) groups excluding carboxylic acids is 1. The maximum absolute atomic E-state index is 14.0. The number of fused-ring (bicyclic) bond motifs is 1. The number of aromatic nitrogens is 4. The molecule has 0 saturated heterocycles. The van der Waals surface area contributed by atoms with E-state index in [1.807, 2.05) is 0 Å². The van der Waals surface area contributed by atoms with Gasteiger partial charge in [-0.25, -0.2) is 9.07 Å². The van der Waals surface area contributed by atoms with Gasteiger partial charge in [0.25, 0.3) is 5.91 Å². The Morgan fingerprint density at radius 1 is 1.28 bits per heavy atom. The van der Waals surface area contributed by atoms with E-state index in [-0.39, 0.29) is 23.1 Å². The largest absolute Gasteiger partial charge is 0.454 e. The highest BCUT2D eigenvalue weighted by atomic mass is 35.5.